The fraction of sp³-hybridized carbons (Fsp3) is 0.500. The van der Waals surface area contributed by atoms with Gasteiger partial charge in [0.1, 0.15) is 0 Å². The van der Waals surface area contributed by atoms with Gasteiger partial charge in [0.05, 0.1) is 5.92 Å². The number of amides is 2. The Bertz CT molecular complexity index is 511. The van der Waals surface area contributed by atoms with Crippen molar-refractivity contribution < 1.29 is 9.59 Å². The maximum Gasteiger partial charge on any atom is 0.225 e. The second-order valence-electron chi connectivity index (χ2n) is 5.75. The van der Waals surface area contributed by atoms with E-state index in [1.165, 1.54) is 5.56 Å². The van der Waals surface area contributed by atoms with Crippen molar-refractivity contribution in [1.82, 2.24) is 10.2 Å². The molecular weight excluding hydrogens is 252 g/mol. The largest absolute Gasteiger partial charge is 0.352 e. The highest BCUT2D eigenvalue weighted by molar-refractivity contribution is 5.89. The van der Waals surface area contributed by atoms with Gasteiger partial charge in [0.25, 0.3) is 0 Å². The molecule has 1 aromatic carbocycles. The van der Waals surface area contributed by atoms with Gasteiger partial charge in [-0.2, -0.15) is 0 Å². The summed E-state index contributed by atoms with van der Waals surface area (Å²) in [6.07, 6.45) is 0.331. The van der Waals surface area contributed by atoms with Crippen LogP contribution in [0.3, 0.4) is 0 Å². The molecule has 2 amide bonds. The smallest absolute Gasteiger partial charge is 0.225 e. The molecule has 1 fully saturated rings. The number of carbonyl (C=O) groups excluding carboxylic acids is 2. The number of likely N-dealkylation sites (tertiary alicyclic amines) is 1. The monoisotopic (exact) mass is 274 g/mol. The summed E-state index contributed by atoms with van der Waals surface area (Å²) >= 11 is 0. The minimum Gasteiger partial charge on any atom is -0.352 e. The van der Waals surface area contributed by atoms with Crippen molar-refractivity contribution in [2.75, 3.05) is 6.54 Å². The lowest BCUT2D eigenvalue weighted by Crippen LogP contribution is -2.35. The van der Waals surface area contributed by atoms with Gasteiger partial charge in [-0.25, -0.2) is 0 Å². The van der Waals surface area contributed by atoms with E-state index in [0.717, 1.165) is 5.56 Å². The molecule has 0 radical (unpaired) electrons. The molecule has 0 bridgehead atoms. The second kappa shape index (κ2) is 6.07. The van der Waals surface area contributed by atoms with Crippen molar-refractivity contribution in [1.29, 1.82) is 0 Å². The van der Waals surface area contributed by atoms with Gasteiger partial charge in [0.2, 0.25) is 11.8 Å². The molecule has 1 aromatic rings. The lowest BCUT2D eigenvalue weighted by atomic mass is 10.1. The Hall–Kier alpha value is -1.84. The summed E-state index contributed by atoms with van der Waals surface area (Å²) in [6.45, 7) is 7.04. The Morgan fingerprint density at radius 1 is 1.45 bits per heavy atom. The average Bonchev–Trinajstić information content (AvgIpc) is 2.78. The number of aryl methyl sites for hydroxylation is 1. The summed E-state index contributed by atoms with van der Waals surface area (Å²) in [4.78, 5) is 25.7. The van der Waals surface area contributed by atoms with Crippen LogP contribution in [0.15, 0.2) is 24.3 Å². The molecule has 1 heterocycles. The zero-order chi connectivity index (χ0) is 14.7. The van der Waals surface area contributed by atoms with Crippen LogP contribution in [0, 0.1) is 12.8 Å². The first-order valence-corrected chi connectivity index (χ1v) is 7.10. The van der Waals surface area contributed by atoms with Crippen molar-refractivity contribution in [2.24, 2.45) is 5.92 Å². The molecule has 0 saturated carbocycles. The van der Waals surface area contributed by atoms with Crippen LogP contribution in [0.1, 0.15) is 31.4 Å². The minimum atomic E-state index is -0.213. The number of benzene rings is 1. The van der Waals surface area contributed by atoms with Crippen molar-refractivity contribution in [2.45, 2.75) is 39.8 Å². The zero-order valence-electron chi connectivity index (χ0n) is 12.3. The summed E-state index contributed by atoms with van der Waals surface area (Å²) in [6, 6.07) is 8.23. The van der Waals surface area contributed by atoms with Crippen LogP contribution in [0.2, 0.25) is 0 Å². The molecule has 1 saturated heterocycles. The van der Waals surface area contributed by atoms with Crippen LogP contribution in [-0.4, -0.2) is 29.3 Å². The van der Waals surface area contributed by atoms with E-state index in [1.54, 1.807) is 4.90 Å². The molecule has 4 heteroatoms. The molecule has 1 atom stereocenters. The van der Waals surface area contributed by atoms with Gasteiger partial charge < -0.3 is 10.2 Å². The van der Waals surface area contributed by atoms with E-state index in [0.29, 0.717) is 19.5 Å². The van der Waals surface area contributed by atoms with Gasteiger partial charge in [-0.3, -0.25) is 9.59 Å². The molecule has 0 spiro atoms. The first-order valence-electron chi connectivity index (χ1n) is 7.10. The Morgan fingerprint density at radius 3 is 2.80 bits per heavy atom. The third-order valence-corrected chi connectivity index (χ3v) is 3.70. The predicted octanol–water partition coefficient (Wildman–Crippen LogP) is 1.87. The predicted molar refractivity (Wildman–Crippen MR) is 78.0 cm³/mol. The van der Waals surface area contributed by atoms with Gasteiger partial charge in [-0.1, -0.05) is 29.8 Å². The Balaban J connectivity index is 1.89. The fourth-order valence-corrected chi connectivity index (χ4v) is 2.56. The molecular formula is C16H22N2O2. The van der Waals surface area contributed by atoms with E-state index in [2.05, 4.69) is 11.4 Å². The molecule has 1 aliphatic heterocycles. The quantitative estimate of drug-likeness (QED) is 0.911. The van der Waals surface area contributed by atoms with E-state index in [1.807, 2.05) is 39.0 Å². The Morgan fingerprint density at radius 2 is 2.20 bits per heavy atom. The second-order valence-corrected chi connectivity index (χ2v) is 5.75. The summed E-state index contributed by atoms with van der Waals surface area (Å²) in [7, 11) is 0. The van der Waals surface area contributed by atoms with E-state index < -0.39 is 0 Å². The lowest BCUT2D eigenvalue weighted by molar-refractivity contribution is -0.129. The highest BCUT2D eigenvalue weighted by atomic mass is 16.2. The molecule has 108 valence electrons. The molecule has 20 heavy (non-hydrogen) atoms. The Labute approximate surface area is 120 Å². The van der Waals surface area contributed by atoms with Crippen LogP contribution in [0.25, 0.3) is 0 Å². The summed E-state index contributed by atoms with van der Waals surface area (Å²) in [5.74, 6) is -0.159. The molecule has 1 aliphatic rings. The molecule has 0 aliphatic carbocycles. The first kappa shape index (κ1) is 14.6. The normalized spacial score (nSPS) is 18.7. The minimum absolute atomic E-state index is 0.0250. The van der Waals surface area contributed by atoms with Gasteiger partial charge in [0, 0.05) is 25.6 Å². The van der Waals surface area contributed by atoms with Gasteiger partial charge in [-0.15, -0.1) is 0 Å². The Kier molecular flexibility index (Phi) is 4.42. The van der Waals surface area contributed by atoms with Crippen molar-refractivity contribution >= 4 is 11.8 Å². The van der Waals surface area contributed by atoms with Crippen molar-refractivity contribution in [3.63, 3.8) is 0 Å². The van der Waals surface area contributed by atoms with Crippen LogP contribution in [0.5, 0.6) is 0 Å². The summed E-state index contributed by atoms with van der Waals surface area (Å²) in [5, 5.41) is 2.93. The molecule has 0 aromatic heterocycles. The van der Waals surface area contributed by atoms with Gasteiger partial charge >= 0.3 is 0 Å². The van der Waals surface area contributed by atoms with Crippen LogP contribution >= 0.6 is 0 Å². The highest BCUT2D eigenvalue weighted by Gasteiger charge is 2.35. The number of rotatable bonds is 4. The molecule has 1 unspecified atom stereocenters. The maximum atomic E-state index is 12.1. The van der Waals surface area contributed by atoms with Crippen LogP contribution in [0.4, 0.5) is 0 Å². The van der Waals surface area contributed by atoms with E-state index >= 15 is 0 Å². The topological polar surface area (TPSA) is 49.4 Å². The number of nitrogens with zero attached hydrogens (tertiary/aromatic N) is 1. The van der Waals surface area contributed by atoms with E-state index in [-0.39, 0.29) is 23.8 Å². The van der Waals surface area contributed by atoms with Crippen molar-refractivity contribution in [3.8, 4) is 0 Å². The number of hydrogen-bond donors (Lipinski definition) is 1. The third-order valence-electron chi connectivity index (χ3n) is 3.70. The van der Waals surface area contributed by atoms with Crippen molar-refractivity contribution in [3.05, 3.63) is 35.4 Å². The van der Waals surface area contributed by atoms with Crippen LogP contribution in [-0.2, 0) is 16.1 Å². The molecule has 4 nitrogen and oxygen atoms in total. The number of carbonyl (C=O) groups is 2. The summed E-state index contributed by atoms with van der Waals surface area (Å²) in [5.41, 5.74) is 2.27. The van der Waals surface area contributed by atoms with Crippen LogP contribution < -0.4 is 5.32 Å². The highest BCUT2D eigenvalue weighted by Crippen LogP contribution is 2.20. The SMILES string of the molecule is Cc1cccc(CNC(=O)C2CC(=O)N(C(C)C)C2)c1. The number of hydrogen-bond acceptors (Lipinski definition) is 2. The first-order chi connectivity index (χ1) is 9.47. The third kappa shape index (κ3) is 3.38. The van der Waals surface area contributed by atoms with Gasteiger partial charge in [-0.05, 0) is 26.3 Å². The number of nitrogens with one attached hydrogen (secondary N) is 1. The standard InChI is InChI=1S/C16H22N2O2/c1-11(2)18-10-14(8-15(18)19)16(20)17-9-13-6-4-5-12(3)7-13/h4-7,11,14H,8-10H2,1-3H3,(H,17,20). The zero-order valence-corrected chi connectivity index (χ0v) is 12.3. The average molecular weight is 274 g/mol. The molecule has 2 rings (SSSR count). The lowest BCUT2D eigenvalue weighted by Gasteiger charge is -2.20. The maximum absolute atomic E-state index is 12.1. The van der Waals surface area contributed by atoms with E-state index in [9.17, 15) is 9.59 Å². The summed E-state index contributed by atoms with van der Waals surface area (Å²) < 4.78 is 0. The molecule has 1 N–H and O–H groups in total. The fourth-order valence-electron chi connectivity index (χ4n) is 2.56. The van der Waals surface area contributed by atoms with E-state index in [4.69, 9.17) is 0 Å². The van der Waals surface area contributed by atoms with Gasteiger partial charge in [0.15, 0.2) is 0 Å².